The number of nitrogens with one attached hydrogen (secondary N) is 2. The standard InChI is InChI=1S/C13H26N2O2S/c1-9(2)6-11(16)8-14-13(17)15-10-4-5-12(7-10)18-3/h9-12,16H,4-8H2,1-3H3,(H2,14,15,17). The van der Waals surface area contributed by atoms with Crippen LogP contribution in [-0.2, 0) is 0 Å². The van der Waals surface area contributed by atoms with E-state index in [-0.39, 0.29) is 6.03 Å². The normalized spacial score (nSPS) is 25.2. The fourth-order valence-electron chi connectivity index (χ4n) is 2.36. The average molecular weight is 274 g/mol. The lowest BCUT2D eigenvalue weighted by Gasteiger charge is -2.16. The van der Waals surface area contributed by atoms with Crippen LogP contribution in [0, 0.1) is 5.92 Å². The molecule has 106 valence electrons. The van der Waals surface area contributed by atoms with Crippen LogP contribution in [0.4, 0.5) is 4.79 Å². The van der Waals surface area contributed by atoms with Crippen molar-refractivity contribution in [3.63, 3.8) is 0 Å². The summed E-state index contributed by atoms with van der Waals surface area (Å²) in [5, 5.41) is 16.1. The quantitative estimate of drug-likeness (QED) is 0.694. The summed E-state index contributed by atoms with van der Waals surface area (Å²) in [6, 6.07) is 0.147. The van der Waals surface area contributed by atoms with Crippen LogP contribution in [0.3, 0.4) is 0 Å². The molecule has 0 heterocycles. The highest BCUT2D eigenvalue weighted by Gasteiger charge is 2.25. The number of rotatable bonds is 6. The van der Waals surface area contributed by atoms with Crippen LogP contribution in [0.15, 0.2) is 0 Å². The Balaban J connectivity index is 2.14. The largest absolute Gasteiger partial charge is 0.391 e. The summed E-state index contributed by atoms with van der Waals surface area (Å²) >= 11 is 1.88. The maximum absolute atomic E-state index is 11.6. The Bertz CT molecular complexity index is 261. The van der Waals surface area contributed by atoms with Crippen molar-refractivity contribution >= 4 is 17.8 Å². The van der Waals surface area contributed by atoms with Crippen LogP contribution in [0.2, 0.25) is 0 Å². The molecule has 4 nitrogen and oxygen atoms in total. The maximum atomic E-state index is 11.6. The van der Waals surface area contributed by atoms with E-state index >= 15 is 0 Å². The van der Waals surface area contributed by atoms with Crippen molar-refractivity contribution in [3.8, 4) is 0 Å². The summed E-state index contributed by atoms with van der Waals surface area (Å²) in [5.74, 6) is 0.446. The average Bonchev–Trinajstić information content (AvgIpc) is 2.73. The molecule has 0 saturated heterocycles. The Labute approximate surface area is 114 Å². The summed E-state index contributed by atoms with van der Waals surface area (Å²) in [6.45, 7) is 4.46. The van der Waals surface area contributed by atoms with Gasteiger partial charge in [-0.05, 0) is 37.9 Å². The van der Waals surface area contributed by atoms with Crippen molar-refractivity contribution in [2.75, 3.05) is 12.8 Å². The number of thioether (sulfide) groups is 1. The Kier molecular flexibility index (Phi) is 6.86. The minimum absolute atomic E-state index is 0.149. The van der Waals surface area contributed by atoms with Gasteiger partial charge in [0.05, 0.1) is 6.10 Å². The molecule has 3 atom stereocenters. The number of carbonyl (C=O) groups excluding carboxylic acids is 1. The summed E-state index contributed by atoms with van der Waals surface area (Å²) in [5.41, 5.74) is 0. The molecule has 18 heavy (non-hydrogen) atoms. The lowest BCUT2D eigenvalue weighted by atomic mass is 10.1. The molecular formula is C13H26N2O2S. The van der Waals surface area contributed by atoms with E-state index in [4.69, 9.17) is 0 Å². The molecule has 1 fully saturated rings. The molecule has 1 aliphatic rings. The van der Waals surface area contributed by atoms with Gasteiger partial charge >= 0.3 is 6.03 Å². The van der Waals surface area contributed by atoms with E-state index in [1.54, 1.807) is 0 Å². The highest BCUT2D eigenvalue weighted by atomic mass is 32.2. The van der Waals surface area contributed by atoms with Gasteiger partial charge < -0.3 is 15.7 Å². The van der Waals surface area contributed by atoms with Gasteiger partial charge in [-0.2, -0.15) is 11.8 Å². The van der Waals surface area contributed by atoms with Crippen LogP contribution in [0.1, 0.15) is 39.5 Å². The summed E-state index contributed by atoms with van der Waals surface area (Å²) in [4.78, 5) is 11.6. The molecule has 3 unspecified atom stereocenters. The van der Waals surface area contributed by atoms with Crippen molar-refractivity contribution < 1.29 is 9.90 Å². The first-order valence-corrected chi connectivity index (χ1v) is 8.05. The van der Waals surface area contributed by atoms with Crippen molar-refractivity contribution in [3.05, 3.63) is 0 Å². The fraction of sp³-hybridized carbons (Fsp3) is 0.923. The van der Waals surface area contributed by atoms with E-state index in [0.717, 1.165) is 19.3 Å². The van der Waals surface area contributed by atoms with Crippen molar-refractivity contribution in [1.29, 1.82) is 0 Å². The summed E-state index contributed by atoms with van der Waals surface area (Å²) < 4.78 is 0. The lowest BCUT2D eigenvalue weighted by molar-refractivity contribution is 0.146. The van der Waals surface area contributed by atoms with Gasteiger partial charge in [0.1, 0.15) is 0 Å². The highest BCUT2D eigenvalue weighted by Crippen LogP contribution is 2.27. The molecule has 0 aliphatic heterocycles. The molecule has 0 aromatic heterocycles. The number of aliphatic hydroxyl groups is 1. The second kappa shape index (κ2) is 7.89. The van der Waals surface area contributed by atoms with Crippen molar-refractivity contribution in [2.24, 2.45) is 5.92 Å². The second-order valence-electron chi connectivity index (χ2n) is 5.51. The number of hydrogen-bond donors (Lipinski definition) is 3. The third-order valence-electron chi connectivity index (χ3n) is 3.29. The maximum Gasteiger partial charge on any atom is 0.315 e. The molecule has 0 radical (unpaired) electrons. The van der Waals surface area contributed by atoms with Crippen LogP contribution >= 0.6 is 11.8 Å². The summed E-state index contributed by atoms with van der Waals surface area (Å²) in [6.07, 6.45) is 5.70. The van der Waals surface area contributed by atoms with Gasteiger partial charge in [-0.25, -0.2) is 4.79 Å². The number of amides is 2. The minimum Gasteiger partial charge on any atom is -0.391 e. The van der Waals surface area contributed by atoms with E-state index in [0.29, 0.717) is 23.8 Å². The first-order chi connectivity index (χ1) is 8.51. The van der Waals surface area contributed by atoms with E-state index in [9.17, 15) is 9.90 Å². The first-order valence-electron chi connectivity index (χ1n) is 6.76. The lowest BCUT2D eigenvalue weighted by Crippen LogP contribution is -2.44. The zero-order valence-corrected chi connectivity index (χ0v) is 12.4. The van der Waals surface area contributed by atoms with Gasteiger partial charge in [-0.15, -0.1) is 0 Å². The smallest absolute Gasteiger partial charge is 0.315 e. The highest BCUT2D eigenvalue weighted by molar-refractivity contribution is 7.99. The van der Waals surface area contributed by atoms with Gasteiger partial charge in [-0.3, -0.25) is 0 Å². The Morgan fingerprint density at radius 3 is 2.72 bits per heavy atom. The van der Waals surface area contributed by atoms with E-state index in [2.05, 4.69) is 30.7 Å². The molecule has 0 bridgehead atoms. The fourth-order valence-corrected chi connectivity index (χ4v) is 3.16. The molecular weight excluding hydrogens is 248 g/mol. The van der Waals surface area contributed by atoms with Gasteiger partial charge in [-0.1, -0.05) is 13.8 Å². The van der Waals surface area contributed by atoms with Crippen molar-refractivity contribution in [2.45, 2.75) is 56.9 Å². The zero-order valence-electron chi connectivity index (χ0n) is 11.6. The van der Waals surface area contributed by atoms with Crippen LogP contribution in [-0.4, -0.2) is 41.3 Å². The molecule has 1 saturated carbocycles. The molecule has 0 spiro atoms. The Hall–Kier alpha value is -0.420. The van der Waals surface area contributed by atoms with Gasteiger partial charge in [0.2, 0.25) is 0 Å². The predicted molar refractivity (Wildman–Crippen MR) is 76.9 cm³/mol. The van der Waals surface area contributed by atoms with Crippen LogP contribution < -0.4 is 10.6 Å². The molecule has 0 aromatic carbocycles. The van der Waals surface area contributed by atoms with E-state index in [1.165, 1.54) is 6.42 Å². The van der Waals surface area contributed by atoms with E-state index in [1.807, 2.05) is 11.8 Å². The third kappa shape index (κ3) is 5.96. The van der Waals surface area contributed by atoms with Gasteiger partial charge in [0, 0.05) is 17.8 Å². The first kappa shape index (κ1) is 15.6. The summed E-state index contributed by atoms with van der Waals surface area (Å²) in [7, 11) is 0. The molecule has 3 N–H and O–H groups in total. The molecule has 1 aliphatic carbocycles. The molecule has 5 heteroatoms. The van der Waals surface area contributed by atoms with Crippen LogP contribution in [0.25, 0.3) is 0 Å². The third-order valence-corrected chi connectivity index (χ3v) is 4.39. The predicted octanol–water partition coefficient (Wildman–Crippen LogP) is 1.98. The van der Waals surface area contributed by atoms with Crippen LogP contribution in [0.5, 0.6) is 0 Å². The number of urea groups is 1. The molecule has 0 aromatic rings. The Morgan fingerprint density at radius 2 is 2.17 bits per heavy atom. The Morgan fingerprint density at radius 1 is 1.44 bits per heavy atom. The van der Waals surface area contributed by atoms with E-state index < -0.39 is 6.10 Å². The number of aliphatic hydroxyl groups excluding tert-OH is 1. The minimum atomic E-state index is -0.446. The zero-order chi connectivity index (χ0) is 13.5. The topological polar surface area (TPSA) is 61.4 Å². The molecule has 2 amide bonds. The van der Waals surface area contributed by atoms with Gasteiger partial charge in [0.25, 0.3) is 0 Å². The van der Waals surface area contributed by atoms with Gasteiger partial charge in [0.15, 0.2) is 0 Å². The SMILES string of the molecule is CSC1CCC(NC(=O)NCC(O)CC(C)C)C1. The monoisotopic (exact) mass is 274 g/mol. The number of carbonyl (C=O) groups is 1. The molecule has 1 rings (SSSR count). The van der Waals surface area contributed by atoms with Crippen molar-refractivity contribution in [1.82, 2.24) is 10.6 Å². The number of hydrogen-bond acceptors (Lipinski definition) is 3. The second-order valence-corrected chi connectivity index (χ2v) is 6.64.